The van der Waals surface area contributed by atoms with E-state index in [9.17, 15) is 14.7 Å². The molecule has 0 aromatic heterocycles. The number of aryl methyl sites for hydroxylation is 1. The van der Waals surface area contributed by atoms with Crippen LogP contribution < -0.4 is 0 Å². The van der Waals surface area contributed by atoms with Crippen LogP contribution in [0.25, 0.3) is 0 Å². The Kier molecular flexibility index (Phi) is 4.19. The molecule has 0 saturated carbocycles. The second kappa shape index (κ2) is 5.42. The molecule has 1 rings (SSSR count). The first-order chi connectivity index (χ1) is 7.60. The van der Waals surface area contributed by atoms with Crippen LogP contribution >= 0.6 is 0 Å². The zero-order valence-electron chi connectivity index (χ0n) is 9.27. The SMILES string of the molecule is CCOC(=O)C(O)c1cc(C)ccc1C=O. The van der Waals surface area contributed by atoms with Crippen molar-refractivity contribution in [2.45, 2.75) is 20.0 Å². The van der Waals surface area contributed by atoms with E-state index in [1.807, 2.05) is 6.92 Å². The molecule has 0 bridgehead atoms. The van der Waals surface area contributed by atoms with Crippen molar-refractivity contribution in [3.05, 3.63) is 34.9 Å². The summed E-state index contributed by atoms with van der Waals surface area (Å²) in [5.74, 6) is -0.740. The van der Waals surface area contributed by atoms with Gasteiger partial charge in [0, 0.05) is 11.1 Å². The van der Waals surface area contributed by atoms with Crippen LogP contribution in [0.2, 0.25) is 0 Å². The third-order valence-corrected chi connectivity index (χ3v) is 2.17. The Morgan fingerprint density at radius 3 is 2.81 bits per heavy atom. The molecule has 1 unspecified atom stereocenters. The number of hydrogen-bond acceptors (Lipinski definition) is 4. The second-order valence-corrected chi connectivity index (χ2v) is 3.40. The Hall–Kier alpha value is -1.68. The van der Waals surface area contributed by atoms with Gasteiger partial charge in [0.25, 0.3) is 0 Å². The number of aliphatic hydroxyl groups is 1. The van der Waals surface area contributed by atoms with E-state index in [2.05, 4.69) is 0 Å². The molecule has 0 amide bonds. The molecule has 0 aliphatic carbocycles. The predicted molar refractivity (Wildman–Crippen MR) is 58.2 cm³/mol. The average molecular weight is 222 g/mol. The van der Waals surface area contributed by atoms with Crippen LogP contribution in [0.3, 0.4) is 0 Å². The number of aldehydes is 1. The van der Waals surface area contributed by atoms with Crippen molar-refractivity contribution in [1.82, 2.24) is 0 Å². The van der Waals surface area contributed by atoms with Crippen molar-refractivity contribution in [1.29, 1.82) is 0 Å². The summed E-state index contributed by atoms with van der Waals surface area (Å²) < 4.78 is 4.69. The third-order valence-electron chi connectivity index (χ3n) is 2.17. The molecule has 1 aromatic carbocycles. The summed E-state index contributed by atoms with van der Waals surface area (Å²) in [5, 5.41) is 9.72. The van der Waals surface area contributed by atoms with Gasteiger partial charge in [0.2, 0.25) is 0 Å². The minimum Gasteiger partial charge on any atom is -0.464 e. The molecule has 0 saturated heterocycles. The summed E-state index contributed by atoms with van der Waals surface area (Å²) in [4.78, 5) is 22.1. The Bertz CT molecular complexity index is 398. The molecule has 0 radical (unpaired) electrons. The summed E-state index contributed by atoms with van der Waals surface area (Å²) in [7, 11) is 0. The highest BCUT2D eigenvalue weighted by molar-refractivity contribution is 5.84. The van der Waals surface area contributed by atoms with E-state index in [-0.39, 0.29) is 12.2 Å². The van der Waals surface area contributed by atoms with Gasteiger partial charge in [0.15, 0.2) is 6.10 Å². The molecular weight excluding hydrogens is 208 g/mol. The van der Waals surface area contributed by atoms with Gasteiger partial charge in [-0.25, -0.2) is 4.79 Å². The van der Waals surface area contributed by atoms with Gasteiger partial charge in [-0.05, 0) is 13.8 Å². The quantitative estimate of drug-likeness (QED) is 0.618. The van der Waals surface area contributed by atoms with E-state index in [0.29, 0.717) is 11.8 Å². The first-order valence-electron chi connectivity index (χ1n) is 5.00. The number of carbonyl (C=O) groups excluding carboxylic acids is 2. The zero-order chi connectivity index (χ0) is 12.1. The maximum absolute atomic E-state index is 11.3. The van der Waals surface area contributed by atoms with Gasteiger partial charge in [-0.3, -0.25) is 4.79 Å². The zero-order valence-corrected chi connectivity index (χ0v) is 9.27. The number of carbonyl (C=O) groups is 2. The number of rotatable bonds is 4. The number of aliphatic hydroxyl groups excluding tert-OH is 1. The van der Waals surface area contributed by atoms with E-state index in [4.69, 9.17) is 4.74 Å². The van der Waals surface area contributed by atoms with Crippen molar-refractivity contribution < 1.29 is 19.4 Å². The Labute approximate surface area is 93.9 Å². The van der Waals surface area contributed by atoms with E-state index in [1.165, 1.54) is 0 Å². The number of benzene rings is 1. The van der Waals surface area contributed by atoms with Gasteiger partial charge in [-0.15, -0.1) is 0 Å². The maximum Gasteiger partial charge on any atom is 0.339 e. The van der Waals surface area contributed by atoms with Crippen LogP contribution in [0.4, 0.5) is 0 Å². The number of esters is 1. The summed E-state index contributed by atoms with van der Waals surface area (Å²) in [5.41, 5.74) is 1.45. The summed E-state index contributed by atoms with van der Waals surface area (Å²) >= 11 is 0. The van der Waals surface area contributed by atoms with E-state index in [0.717, 1.165) is 5.56 Å². The molecule has 4 heteroatoms. The maximum atomic E-state index is 11.3. The lowest BCUT2D eigenvalue weighted by atomic mass is 10.0. The largest absolute Gasteiger partial charge is 0.464 e. The molecular formula is C12H14O4. The number of ether oxygens (including phenoxy) is 1. The van der Waals surface area contributed by atoms with Crippen LogP contribution in [0.1, 0.15) is 34.5 Å². The molecule has 86 valence electrons. The van der Waals surface area contributed by atoms with Crippen LogP contribution in [-0.2, 0) is 9.53 Å². The first-order valence-corrected chi connectivity index (χ1v) is 5.00. The smallest absolute Gasteiger partial charge is 0.339 e. The van der Waals surface area contributed by atoms with Crippen LogP contribution in [0.5, 0.6) is 0 Å². The normalized spacial score (nSPS) is 11.9. The summed E-state index contributed by atoms with van der Waals surface area (Å²) in [6.45, 7) is 3.66. The lowest BCUT2D eigenvalue weighted by Gasteiger charge is -2.12. The molecule has 0 fully saturated rings. The lowest BCUT2D eigenvalue weighted by molar-refractivity contribution is -0.153. The Morgan fingerprint density at radius 1 is 1.56 bits per heavy atom. The van der Waals surface area contributed by atoms with Crippen molar-refractivity contribution in [3.63, 3.8) is 0 Å². The predicted octanol–water partition coefficient (Wildman–Crippen LogP) is 1.40. The molecule has 16 heavy (non-hydrogen) atoms. The van der Waals surface area contributed by atoms with Crippen molar-refractivity contribution >= 4 is 12.3 Å². The summed E-state index contributed by atoms with van der Waals surface area (Å²) in [6.07, 6.45) is -0.794. The lowest BCUT2D eigenvalue weighted by Crippen LogP contribution is -2.17. The van der Waals surface area contributed by atoms with Gasteiger partial charge in [0.05, 0.1) is 6.61 Å². The fraction of sp³-hybridized carbons (Fsp3) is 0.333. The Balaban J connectivity index is 3.05. The molecule has 0 aliphatic rings. The molecule has 1 atom stereocenters. The van der Waals surface area contributed by atoms with Gasteiger partial charge in [-0.1, -0.05) is 23.8 Å². The van der Waals surface area contributed by atoms with Gasteiger partial charge in [0.1, 0.15) is 6.29 Å². The molecule has 0 spiro atoms. The summed E-state index contributed by atoms with van der Waals surface area (Å²) in [6, 6.07) is 4.91. The molecule has 0 heterocycles. The highest BCUT2D eigenvalue weighted by Crippen LogP contribution is 2.19. The highest BCUT2D eigenvalue weighted by atomic mass is 16.5. The molecule has 4 nitrogen and oxygen atoms in total. The highest BCUT2D eigenvalue weighted by Gasteiger charge is 2.21. The Morgan fingerprint density at radius 2 is 2.25 bits per heavy atom. The van der Waals surface area contributed by atoms with Crippen LogP contribution in [-0.4, -0.2) is 24.0 Å². The fourth-order valence-corrected chi connectivity index (χ4v) is 1.39. The first kappa shape index (κ1) is 12.4. The van der Waals surface area contributed by atoms with E-state index < -0.39 is 12.1 Å². The van der Waals surface area contributed by atoms with Gasteiger partial charge in [-0.2, -0.15) is 0 Å². The fourth-order valence-electron chi connectivity index (χ4n) is 1.39. The monoisotopic (exact) mass is 222 g/mol. The van der Waals surface area contributed by atoms with Crippen LogP contribution in [0, 0.1) is 6.92 Å². The number of hydrogen-bond donors (Lipinski definition) is 1. The minimum atomic E-state index is -1.40. The molecule has 1 N–H and O–H groups in total. The van der Waals surface area contributed by atoms with Gasteiger partial charge < -0.3 is 9.84 Å². The molecule has 1 aromatic rings. The van der Waals surface area contributed by atoms with E-state index in [1.54, 1.807) is 25.1 Å². The van der Waals surface area contributed by atoms with Crippen molar-refractivity contribution in [2.24, 2.45) is 0 Å². The van der Waals surface area contributed by atoms with E-state index >= 15 is 0 Å². The molecule has 0 aliphatic heterocycles. The van der Waals surface area contributed by atoms with Crippen LogP contribution in [0.15, 0.2) is 18.2 Å². The van der Waals surface area contributed by atoms with Crippen molar-refractivity contribution in [2.75, 3.05) is 6.61 Å². The average Bonchev–Trinajstić information content (AvgIpc) is 2.28. The third kappa shape index (κ3) is 2.67. The topological polar surface area (TPSA) is 63.6 Å². The minimum absolute atomic E-state index is 0.193. The standard InChI is InChI=1S/C12H14O4/c1-3-16-12(15)11(14)10-6-8(2)4-5-9(10)7-13/h4-7,11,14H,3H2,1-2H3. The second-order valence-electron chi connectivity index (χ2n) is 3.40. The van der Waals surface area contributed by atoms with Crippen molar-refractivity contribution in [3.8, 4) is 0 Å². The van der Waals surface area contributed by atoms with Gasteiger partial charge >= 0.3 is 5.97 Å².